The predicted molar refractivity (Wildman–Crippen MR) is 65.5 cm³/mol. The molecular weight excluding hydrogens is 210 g/mol. The van der Waals surface area contributed by atoms with Gasteiger partial charge in [-0.1, -0.05) is 11.6 Å². The number of anilines is 1. The van der Waals surface area contributed by atoms with Gasteiger partial charge in [-0.25, -0.2) is 0 Å². The summed E-state index contributed by atoms with van der Waals surface area (Å²) in [7, 11) is 2.11. The molecule has 0 aliphatic carbocycles. The average Bonchev–Trinajstić information content (AvgIpc) is 2.20. The highest BCUT2D eigenvalue weighted by molar-refractivity contribution is 6.33. The molecule has 0 aliphatic heterocycles. The van der Waals surface area contributed by atoms with Crippen LogP contribution in [0, 0.1) is 0 Å². The first-order valence-corrected chi connectivity index (χ1v) is 5.52. The molecule has 0 spiro atoms. The minimum atomic E-state index is 0.569. The van der Waals surface area contributed by atoms with Gasteiger partial charge in [-0.15, -0.1) is 0 Å². The lowest BCUT2D eigenvalue weighted by atomic mass is 10.3. The van der Waals surface area contributed by atoms with Crippen LogP contribution in [0.2, 0.25) is 5.02 Å². The Balaban J connectivity index is 2.35. The number of hydrogen-bond donors (Lipinski definition) is 1. The van der Waals surface area contributed by atoms with Gasteiger partial charge in [0.1, 0.15) is 0 Å². The largest absolute Gasteiger partial charge is 0.382 e. The fourth-order valence-corrected chi connectivity index (χ4v) is 1.33. The summed E-state index contributed by atoms with van der Waals surface area (Å²) < 4.78 is 0. The van der Waals surface area contributed by atoms with E-state index in [4.69, 9.17) is 11.6 Å². The Hall–Kier alpha value is -0.800. The van der Waals surface area contributed by atoms with E-state index in [1.165, 1.54) is 0 Å². The summed E-state index contributed by atoms with van der Waals surface area (Å²) in [5, 5.41) is 3.96. The number of hydrogen-bond acceptors (Lipinski definition) is 3. The Bertz CT molecular complexity index is 302. The molecule has 1 aromatic heterocycles. The van der Waals surface area contributed by atoms with Crippen molar-refractivity contribution in [2.75, 3.05) is 25.5 Å². The lowest BCUT2D eigenvalue weighted by Gasteiger charge is -2.21. The maximum absolute atomic E-state index is 5.96. The SMILES string of the molecule is CC(C)N(C)CCNc1ccncc1Cl. The maximum Gasteiger partial charge on any atom is 0.0820 e. The van der Waals surface area contributed by atoms with Crippen LogP contribution in [-0.2, 0) is 0 Å². The van der Waals surface area contributed by atoms with Crippen molar-refractivity contribution in [3.8, 4) is 0 Å². The number of nitrogens with one attached hydrogen (secondary N) is 1. The molecule has 4 heteroatoms. The molecule has 3 nitrogen and oxygen atoms in total. The third kappa shape index (κ3) is 4.06. The third-order valence-electron chi connectivity index (χ3n) is 2.43. The van der Waals surface area contributed by atoms with Crippen LogP contribution in [-0.4, -0.2) is 36.1 Å². The summed E-state index contributed by atoms with van der Waals surface area (Å²) in [6.07, 6.45) is 3.39. The van der Waals surface area contributed by atoms with Crippen molar-refractivity contribution in [2.24, 2.45) is 0 Å². The quantitative estimate of drug-likeness (QED) is 0.838. The molecule has 1 aromatic rings. The molecule has 0 saturated heterocycles. The fraction of sp³-hybridized carbons (Fsp3) is 0.545. The first-order valence-electron chi connectivity index (χ1n) is 5.15. The molecule has 0 aliphatic rings. The smallest absolute Gasteiger partial charge is 0.0820 e. The van der Waals surface area contributed by atoms with E-state index in [0.717, 1.165) is 18.8 Å². The molecule has 15 heavy (non-hydrogen) atoms. The van der Waals surface area contributed by atoms with Crippen molar-refractivity contribution in [3.63, 3.8) is 0 Å². The zero-order valence-corrected chi connectivity index (χ0v) is 10.3. The molecule has 0 bridgehead atoms. The van der Waals surface area contributed by atoms with E-state index in [2.05, 4.69) is 36.1 Å². The van der Waals surface area contributed by atoms with E-state index in [-0.39, 0.29) is 0 Å². The number of pyridine rings is 1. The molecule has 0 fully saturated rings. The summed E-state index contributed by atoms with van der Waals surface area (Å²) in [6.45, 7) is 6.24. The van der Waals surface area contributed by atoms with E-state index in [0.29, 0.717) is 11.1 Å². The van der Waals surface area contributed by atoms with E-state index >= 15 is 0 Å². The minimum absolute atomic E-state index is 0.569. The number of rotatable bonds is 5. The standard InChI is InChI=1S/C11H18ClN3/c1-9(2)15(3)7-6-14-11-4-5-13-8-10(11)12/h4-5,8-9H,6-7H2,1-3H3,(H,13,14). The fourth-order valence-electron chi connectivity index (χ4n) is 1.14. The van der Waals surface area contributed by atoms with Gasteiger partial charge >= 0.3 is 0 Å². The van der Waals surface area contributed by atoms with Crippen molar-refractivity contribution >= 4 is 17.3 Å². The van der Waals surface area contributed by atoms with Gasteiger partial charge in [0, 0.05) is 31.5 Å². The molecule has 0 atom stereocenters. The van der Waals surface area contributed by atoms with Crippen LogP contribution in [0.15, 0.2) is 18.5 Å². The lowest BCUT2D eigenvalue weighted by Crippen LogP contribution is -2.31. The van der Waals surface area contributed by atoms with Crippen LogP contribution in [0.3, 0.4) is 0 Å². The molecule has 84 valence electrons. The molecule has 0 aromatic carbocycles. The number of halogens is 1. The Morgan fingerprint density at radius 2 is 2.27 bits per heavy atom. The van der Waals surface area contributed by atoms with Crippen molar-refractivity contribution < 1.29 is 0 Å². The molecule has 0 radical (unpaired) electrons. The Kier molecular flexibility index (Phi) is 4.85. The summed E-state index contributed by atoms with van der Waals surface area (Å²) in [5.74, 6) is 0. The Labute approximate surface area is 96.5 Å². The predicted octanol–water partition coefficient (Wildman–Crippen LogP) is 2.49. The molecule has 1 N–H and O–H groups in total. The zero-order chi connectivity index (χ0) is 11.3. The van der Waals surface area contributed by atoms with Crippen molar-refractivity contribution in [2.45, 2.75) is 19.9 Å². The normalized spacial score (nSPS) is 11.1. The topological polar surface area (TPSA) is 28.2 Å². The first kappa shape index (κ1) is 12.3. The van der Waals surface area contributed by atoms with Gasteiger partial charge in [0.15, 0.2) is 0 Å². The van der Waals surface area contributed by atoms with Gasteiger partial charge in [0.05, 0.1) is 10.7 Å². The van der Waals surface area contributed by atoms with Gasteiger partial charge in [-0.05, 0) is 27.0 Å². The molecule has 1 rings (SSSR count). The Morgan fingerprint density at radius 3 is 2.87 bits per heavy atom. The molecular formula is C11H18ClN3. The van der Waals surface area contributed by atoms with Crippen LogP contribution in [0.4, 0.5) is 5.69 Å². The highest BCUT2D eigenvalue weighted by atomic mass is 35.5. The van der Waals surface area contributed by atoms with Crippen LogP contribution in [0.25, 0.3) is 0 Å². The van der Waals surface area contributed by atoms with Gasteiger partial charge in [-0.3, -0.25) is 4.98 Å². The van der Waals surface area contributed by atoms with Gasteiger partial charge in [0.2, 0.25) is 0 Å². The molecule has 0 amide bonds. The number of nitrogens with zero attached hydrogens (tertiary/aromatic N) is 2. The molecule has 0 unspecified atom stereocenters. The lowest BCUT2D eigenvalue weighted by molar-refractivity contribution is 0.284. The number of aromatic nitrogens is 1. The van der Waals surface area contributed by atoms with E-state index in [9.17, 15) is 0 Å². The highest BCUT2D eigenvalue weighted by Gasteiger charge is 2.03. The minimum Gasteiger partial charge on any atom is -0.382 e. The van der Waals surface area contributed by atoms with Gasteiger partial charge < -0.3 is 10.2 Å². The second kappa shape index (κ2) is 5.93. The van der Waals surface area contributed by atoms with Crippen molar-refractivity contribution in [1.82, 2.24) is 9.88 Å². The monoisotopic (exact) mass is 227 g/mol. The summed E-state index contributed by atoms with van der Waals surface area (Å²) in [6, 6.07) is 2.46. The molecule has 0 saturated carbocycles. The number of likely N-dealkylation sites (N-methyl/N-ethyl adjacent to an activating group) is 1. The third-order valence-corrected chi connectivity index (χ3v) is 2.74. The summed E-state index contributed by atoms with van der Waals surface area (Å²) >= 11 is 5.96. The van der Waals surface area contributed by atoms with E-state index in [1.807, 2.05) is 6.07 Å². The van der Waals surface area contributed by atoms with Crippen LogP contribution in [0.1, 0.15) is 13.8 Å². The highest BCUT2D eigenvalue weighted by Crippen LogP contribution is 2.18. The summed E-state index contributed by atoms with van der Waals surface area (Å²) in [5.41, 5.74) is 0.948. The maximum atomic E-state index is 5.96. The van der Waals surface area contributed by atoms with Gasteiger partial charge in [0.25, 0.3) is 0 Å². The first-order chi connectivity index (χ1) is 7.11. The molecule has 1 heterocycles. The van der Waals surface area contributed by atoms with Crippen LogP contribution >= 0.6 is 11.6 Å². The van der Waals surface area contributed by atoms with E-state index < -0.39 is 0 Å². The van der Waals surface area contributed by atoms with Gasteiger partial charge in [-0.2, -0.15) is 0 Å². The average molecular weight is 228 g/mol. The second-order valence-corrected chi connectivity index (χ2v) is 4.26. The second-order valence-electron chi connectivity index (χ2n) is 3.86. The Morgan fingerprint density at radius 1 is 1.53 bits per heavy atom. The van der Waals surface area contributed by atoms with E-state index in [1.54, 1.807) is 12.4 Å². The zero-order valence-electron chi connectivity index (χ0n) is 9.50. The summed E-state index contributed by atoms with van der Waals surface area (Å²) in [4.78, 5) is 6.21. The van der Waals surface area contributed by atoms with Crippen LogP contribution in [0.5, 0.6) is 0 Å². The van der Waals surface area contributed by atoms with Crippen LogP contribution < -0.4 is 5.32 Å². The van der Waals surface area contributed by atoms with Crippen molar-refractivity contribution in [3.05, 3.63) is 23.5 Å². The van der Waals surface area contributed by atoms with Crippen molar-refractivity contribution in [1.29, 1.82) is 0 Å².